The Morgan fingerprint density at radius 2 is 2.33 bits per heavy atom. The molecule has 4 heteroatoms. The number of allylic oxidation sites excluding steroid dienone is 3. The van der Waals surface area contributed by atoms with Crippen LogP contribution in [0.4, 0.5) is 0 Å². The number of aldehydes is 1. The minimum absolute atomic E-state index is 0.699. The third-order valence-electron chi connectivity index (χ3n) is 2.53. The number of rotatable bonds is 2. The van der Waals surface area contributed by atoms with Gasteiger partial charge in [0.2, 0.25) is 0 Å². The Bertz CT molecular complexity index is 416. The monoisotopic (exact) mass is 204 g/mol. The quantitative estimate of drug-likeness (QED) is 0.591. The minimum Gasteiger partial charge on any atom is -0.515 e. The summed E-state index contributed by atoms with van der Waals surface area (Å²) < 4.78 is 1.63. The average Bonchev–Trinajstić information content (AvgIpc) is 2.81. The molecule has 0 amide bonds. The van der Waals surface area contributed by atoms with E-state index in [1.807, 2.05) is 0 Å². The predicted molar refractivity (Wildman–Crippen MR) is 56.1 cm³/mol. The van der Waals surface area contributed by atoms with Crippen molar-refractivity contribution in [2.45, 2.75) is 19.3 Å². The van der Waals surface area contributed by atoms with E-state index in [2.05, 4.69) is 5.10 Å². The predicted octanol–water partition coefficient (Wildman–Crippen LogP) is 1.92. The summed E-state index contributed by atoms with van der Waals surface area (Å²) in [6.45, 7) is 0. The van der Waals surface area contributed by atoms with Crippen molar-refractivity contribution in [3.8, 4) is 0 Å². The lowest BCUT2D eigenvalue weighted by molar-refractivity contribution is -0.105. The molecule has 0 bridgehead atoms. The van der Waals surface area contributed by atoms with Gasteiger partial charge in [0.1, 0.15) is 6.29 Å². The fourth-order valence-corrected chi connectivity index (χ4v) is 1.85. The fraction of sp³-hybridized carbons (Fsp3) is 0.273. The highest BCUT2D eigenvalue weighted by Crippen LogP contribution is 2.31. The Hall–Kier alpha value is -1.84. The molecule has 0 saturated carbocycles. The molecule has 1 aromatic rings. The second kappa shape index (κ2) is 4.13. The largest absolute Gasteiger partial charge is 0.515 e. The Kier molecular flexibility index (Phi) is 2.67. The van der Waals surface area contributed by atoms with Crippen molar-refractivity contribution in [2.24, 2.45) is 0 Å². The Morgan fingerprint density at radius 1 is 1.47 bits per heavy atom. The molecule has 0 radical (unpaired) electrons. The van der Waals surface area contributed by atoms with Gasteiger partial charge in [-0.15, -0.1) is 0 Å². The van der Waals surface area contributed by atoms with Crippen molar-refractivity contribution >= 4 is 12.0 Å². The fourth-order valence-electron chi connectivity index (χ4n) is 1.85. The van der Waals surface area contributed by atoms with Crippen molar-refractivity contribution in [2.75, 3.05) is 0 Å². The van der Waals surface area contributed by atoms with Crippen LogP contribution in [-0.2, 0) is 4.79 Å². The molecule has 0 unspecified atom stereocenters. The van der Waals surface area contributed by atoms with Gasteiger partial charge in [0.05, 0.1) is 12.0 Å². The Morgan fingerprint density at radius 3 is 2.93 bits per heavy atom. The van der Waals surface area contributed by atoms with Crippen LogP contribution in [0.2, 0.25) is 0 Å². The second-order valence-corrected chi connectivity index (χ2v) is 3.45. The van der Waals surface area contributed by atoms with Crippen LogP contribution in [0.15, 0.2) is 35.9 Å². The first-order chi connectivity index (χ1) is 7.36. The molecule has 0 aromatic carbocycles. The molecule has 0 spiro atoms. The molecular formula is C11H12N2O2. The number of carbonyl (C=O) groups is 1. The summed E-state index contributed by atoms with van der Waals surface area (Å²) in [7, 11) is 0. The number of aromatic nitrogens is 2. The number of hydrogen-bond donors (Lipinski definition) is 1. The first-order valence-electron chi connectivity index (χ1n) is 4.89. The summed E-state index contributed by atoms with van der Waals surface area (Å²) >= 11 is 0. The molecule has 1 aliphatic carbocycles. The lowest BCUT2D eigenvalue weighted by atomic mass is 9.93. The zero-order valence-corrected chi connectivity index (χ0v) is 8.26. The molecule has 15 heavy (non-hydrogen) atoms. The number of nitrogens with zero attached hydrogens (tertiary/aromatic N) is 2. The molecule has 1 N–H and O–H groups in total. The molecule has 0 fully saturated rings. The van der Waals surface area contributed by atoms with E-state index in [0.29, 0.717) is 5.57 Å². The maximum Gasteiger partial charge on any atom is 0.148 e. The molecule has 4 nitrogen and oxygen atoms in total. The van der Waals surface area contributed by atoms with Crippen LogP contribution in [-0.4, -0.2) is 21.2 Å². The molecule has 1 aliphatic rings. The summed E-state index contributed by atoms with van der Waals surface area (Å²) in [5.41, 5.74) is 2.20. The van der Waals surface area contributed by atoms with Crippen molar-refractivity contribution in [3.63, 3.8) is 0 Å². The van der Waals surface area contributed by atoms with Gasteiger partial charge in [0.15, 0.2) is 0 Å². The van der Waals surface area contributed by atoms with E-state index in [1.54, 1.807) is 23.1 Å². The third kappa shape index (κ3) is 1.70. The van der Waals surface area contributed by atoms with E-state index < -0.39 is 0 Å². The highest BCUT2D eigenvalue weighted by atomic mass is 16.2. The van der Waals surface area contributed by atoms with E-state index in [4.69, 9.17) is 5.11 Å². The van der Waals surface area contributed by atoms with Gasteiger partial charge in [0, 0.05) is 23.5 Å². The molecule has 1 heterocycles. The number of aliphatic hydroxyl groups is 1. The van der Waals surface area contributed by atoms with Crippen LogP contribution >= 0.6 is 0 Å². The van der Waals surface area contributed by atoms with Crippen molar-refractivity contribution in [1.82, 2.24) is 9.78 Å². The summed E-state index contributed by atoms with van der Waals surface area (Å²) in [6.07, 6.45) is 7.76. The average molecular weight is 204 g/mol. The van der Waals surface area contributed by atoms with Crippen LogP contribution in [0.1, 0.15) is 19.3 Å². The lowest BCUT2D eigenvalue weighted by Gasteiger charge is -2.19. The van der Waals surface area contributed by atoms with Crippen LogP contribution in [0.3, 0.4) is 0 Å². The molecule has 1 aromatic heterocycles. The van der Waals surface area contributed by atoms with Crippen LogP contribution in [0.5, 0.6) is 0 Å². The van der Waals surface area contributed by atoms with Gasteiger partial charge in [-0.2, -0.15) is 5.10 Å². The van der Waals surface area contributed by atoms with Crippen LogP contribution in [0.25, 0.3) is 5.70 Å². The smallest absolute Gasteiger partial charge is 0.148 e. The SMILES string of the molecule is O=CC1=C(n2cccn2)C(=CO)CCC1. The second-order valence-electron chi connectivity index (χ2n) is 3.45. The van der Waals surface area contributed by atoms with Crippen molar-refractivity contribution in [1.29, 1.82) is 0 Å². The number of hydrogen-bond acceptors (Lipinski definition) is 3. The van der Waals surface area contributed by atoms with E-state index in [9.17, 15) is 4.79 Å². The molecular weight excluding hydrogens is 192 g/mol. The van der Waals surface area contributed by atoms with Crippen molar-refractivity contribution < 1.29 is 9.90 Å². The highest BCUT2D eigenvalue weighted by molar-refractivity contribution is 5.88. The standard InChI is InChI=1S/C11H12N2O2/c14-7-9-3-1-4-10(8-15)11(9)13-6-2-5-12-13/h2,5-8,14H,1,3-4H2. The van der Waals surface area contributed by atoms with Gasteiger partial charge in [-0.25, -0.2) is 4.68 Å². The van der Waals surface area contributed by atoms with Gasteiger partial charge in [-0.05, 0) is 25.3 Å². The van der Waals surface area contributed by atoms with Gasteiger partial charge in [0.25, 0.3) is 0 Å². The topological polar surface area (TPSA) is 55.1 Å². The van der Waals surface area contributed by atoms with E-state index in [0.717, 1.165) is 43.1 Å². The normalized spacial score (nSPS) is 19.6. The molecule has 0 aliphatic heterocycles. The maximum absolute atomic E-state index is 10.9. The van der Waals surface area contributed by atoms with Gasteiger partial charge < -0.3 is 5.11 Å². The highest BCUT2D eigenvalue weighted by Gasteiger charge is 2.19. The summed E-state index contributed by atoms with van der Waals surface area (Å²) in [6, 6.07) is 1.79. The van der Waals surface area contributed by atoms with E-state index in [1.165, 1.54) is 0 Å². The number of carbonyl (C=O) groups excluding carboxylic acids is 1. The van der Waals surface area contributed by atoms with E-state index >= 15 is 0 Å². The number of aliphatic hydroxyl groups excluding tert-OH is 1. The Labute approximate surface area is 87.5 Å². The molecule has 0 saturated heterocycles. The Balaban J connectivity index is 2.54. The van der Waals surface area contributed by atoms with Gasteiger partial charge >= 0.3 is 0 Å². The van der Waals surface area contributed by atoms with Gasteiger partial charge in [-0.1, -0.05) is 0 Å². The third-order valence-corrected chi connectivity index (χ3v) is 2.53. The van der Waals surface area contributed by atoms with Gasteiger partial charge in [-0.3, -0.25) is 4.79 Å². The van der Waals surface area contributed by atoms with E-state index in [-0.39, 0.29) is 0 Å². The van der Waals surface area contributed by atoms with Crippen LogP contribution < -0.4 is 0 Å². The zero-order valence-electron chi connectivity index (χ0n) is 8.26. The van der Waals surface area contributed by atoms with Crippen molar-refractivity contribution in [3.05, 3.63) is 35.9 Å². The summed E-state index contributed by atoms with van der Waals surface area (Å²) in [5, 5.41) is 13.2. The first-order valence-corrected chi connectivity index (χ1v) is 4.89. The molecule has 78 valence electrons. The first kappa shape index (κ1) is 9.71. The summed E-state index contributed by atoms with van der Waals surface area (Å²) in [4.78, 5) is 10.9. The van der Waals surface area contributed by atoms with Crippen LogP contribution in [0, 0.1) is 0 Å². The summed E-state index contributed by atoms with van der Waals surface area (Å²) in [5.74, 6) is 0. The lowest BCUT2D eigenvalue weighted by Crippen LogP contribution is -2.10. The molecule has 2 rings (SSSR count). The minimum atomic E-state index is 0.699. The maximum atomic E-state index is 10.9. The molecule has 0 atom stereocenters. The zero-order chi connectivity index (χ0) is 10.7.